The van der Waals surface area contributed by atoms with Crippen LogP contribution in [0.5, 0.6) is 0 Å². The average molecular weight is 236 g/mol. The van der Waals surface area contributed by atoms with Crippen molar-refractivity contribution in [1.29, 1.82) is 10.5 Å². The second kappa shape index (κ2) is 8.37. The molecule has 1 rings (SSSR count). The summed E-state index contributed by atoms with van der Waals surface area (Å²) < 4.78 is 4.20. The van der Waals surface area contributed by atoms with Crippen LogP contribution in [-0.4, -0.2) is 5.25 Å². The third kappa shape index (κ3) is 4.29. The maximum absolute atomic E-state index is 9.63. The fraction of sp³-hybridized carbons (Fsp3) is 0.750. The molecule has 5 nitrogen and oxygen atoms in total. The summed E-state index contributed by atoms with van der Waals surface area (Å²) in [5.74, 6) is -0.643. The quantitative estimate of drug-likeness (QED) is 0.237. The first-order chi connectivity index (χ1) is 6.83. The van der Waals surface area contributed by atoms with Crippen molar-refractivity contribution in [1.82, 2.24) is 0 Å². The van der Waals surface area contributed by atoms with Gasteiger partial charge in [-0.2, -0.15) is 14.9 Å². The van der Waals surface area contributed by atoms with Crippen LogP contribution < -0.4 is 34.8 Å². The van der Waals surface area contributed by atoms with Gasteiger partial charge < -0.3 is 5.26 Å². The van der Waals surface area contributed by atoms with E-state index in [0.29, 0.717) is 0 Å². The predicted octanol–water partition coefficient (Wildman–Crippen LogP) is -2.31. The van der Waals surface area contributed by atoms with Gasteiger partial charge in [0.25, 0.3) is 0 Å². The van der Waals surface area contributed by atoms with E-state index < -0.39 is 0 Å². The van der Waals surface area contributed by atoms with Gasteiger partial charge in [0.05, 0.1) is 29.2 Å². The van der Waals surface area contributed by atoms with Gasteiger partial charge in [0.15, 0.2) is 0 Å². The molecule has 3 atom stereocenters. The maximum Gasteiger partial charge on any atom is 1.00 e. The molecule has 7 heteroatoms. The Bertz CT molecular complexity index is 266. The fourth-order valence-electron chi connectivity index (χ4n) is 1.65. The van der Waals surface area contributed by atoms with Crippen LogP contribution in [0.4, 0.5) is 0 Å². The molecule has 0 aromatic heterocycles. The van der Waals surface area contributed by atoms with E-state index in [-0.39, 0.29) is 46.6 Å². The zero-order chi connectivity index (χ0) is 10.4. The number of hydrogen-bond acceptors (Lipinski definition) is 6. The van der Waals surface area contributed by atoms with Crippen LogP contribution in [0.2, 0.25) is 0 Å². The van der Waals surface area contributed by atoms with Gasteiger partial charge >= 0.3 is 29.6 Å². The van der Waals surface area contributed by atoms with Crippen LogP contribution >= 0.6 is 12.0 Å². The fourth-order valence-corrected chi connectivity index (χ4v) is 2.42. The molecular weight excluding hydrogens is 227 g/mol. The van der Waals surface area contributed by atoms with E-state index in [1.165, 1.54) is 0 Å². The van der Waals surface area contributed by atoms with Crippen molar-refractivity contribution in [3.8, 4) is 12.1 Å². The smallest absolute Gasteiger partial charge is 0.691 e. The van der Waals surface area contributed by atoms with E-state index in [2.05, 4.69) is 21.5 Å². The molecule has 0 amide bonds. The van der Waals surface area contributed by atoms with Gasteiger partial charge in [0.1, 0.15) is 0 Å². The van der Waals surface area contributed by atoms with Crippen molar-refractivity contribution in [2.75, 3.05) is 0 Å². The molecular formula is C8H9N2NaO3S. The second-order valence-electron chi connectivity index (χ2n) is 3.09. The third-order valence-corrected chi connectivity index (χ3v) is 3.25. The molecule has 76 valence electrons. The van der Waals surface area contributed by atoms with E-state index >= 15 is 0 Å². The van der Waals surface area contributed by atoms with Crippen molar-refractivity contribution in [2.45, 2.75) is 24.5 Å². The Balaban J connectivity index is 0.00000196. The maximum atomic E-state index is 9.63. The van der Waals surface area contributed by atoms with E-state index in [1.54, 1.807) is 0 Å². The molecule has 0 radical (unpaired) electrons. The van der Waals surface area contributed by atoms with Crippen LogP contribution in [-0.2, 0) is 9.37 Å². The first kappa shape index (κ1) is 15.2. The third-order valence-electron chi connectivity index (χ3n) is 2.34. The number of nitriles is 2. The normalized spacial score (nSPS) is 29.7. The molecule has 1 saturated carbocycles. The van der Waals surface area contributed by atoms with Gasteiger partial charge in [-0.3, -0.25) is 5.04 Å². The van der Waals surface area contributed by atoms with Crippen molar-refractivity contribution in [3.05, 3.63) is 0 Å². The minimum Gasteiger partial charge on any atom is -0.691 e. The average Bonchev–Trinajstić information content (AvgIpc) is 2.25. The molecule has 0 heterocycles. The molecule has 1 fully saturated rings. The molecule has 0 aromatic carbocycles. The van der Waals surface area contributed by atoms with Gasteiger partial charge in [-0.25, -0.2) is 0 Å². The van der Waals surface area contributed by atoms with E-state index in [0.717, 1.165) is 31.3 Å². The van der Waals surface area contributed by atoms with Crippen molar-refractivity contribution >= 4 is 12.0 Å². The second-order valence-corrected chi connectivity index (χ2v) is 4.03. The van der Waals surface area contributed by atoms with Crippen LogP contribution in [0.1, 0.15) is 19.3 Å². The van der Waals surface area contributed by atoms with E-state index in [4.69, 9.17) is 10.5 Å². The van der Waals surface area contributed by atoms with Crippen molar-refractivity contribution in [3.63, 3.8) is 0 Å². The Labute approximate surface area is 115 Å². The minimum atomic E-state index is -0.381. The van der Waals surface area contributed by atoms with Gasteiger partial charge in [-0.15, -0.1) is 0 Å². The minimum absolute atomic E-state index is 0. The molecule has 1 aliphatic carbocycles. The zero-order valence-corrected chi connectivity index (χ0v) is 11.2. The molecule has 0 N–H and O–H groups in total. The largest absolute Gasteiger partial charge is 1.00 e. The summed E-state index contributed by atoms with van der Waals surface area (Å²) in [5, 5.41) is 30.4. The molecule has 3 unspecified atom stereocenters. The summed E-state index contributed by atoms with van der Waals surface area (Å²) in [4.78, 5) is 0. The molecule has 0 aliphatic heterocycles. The number of nitrogens with zero attached hydrogens (tertiary/aromatic N) is 2. The van der Waals surface area contributed by atoms with Gasteiger partial charge in [0.2, 0.25) is 0 Å². The summed E-state index contributed by atoms with van der Waals surface area (Å²) in [5.41, 5.74) is 0. The molecule has 0 bridgehead atoms. The summed E-state index contributed by atoms with van der Waals surface area (Å²) in [6, 6.07) is 4.18. The molecule has 1 aliphatic rings. The Morgan fingerprint density at radius 3 is 2.53 bits per heavy atom. The molecule has 0 aromatic rings. The SMILES string of the molecule is N#CC1CCCC(SOO[O-])C1C#N.[Na+]. The monoisotopic (exact) mass is 236 g/mol. The van der Waals surface area contributed by atoms with Crippen molar-refractivity contribution < 1.29 is 44.2 Å². The molecule has 0 saturated heterocycles. The van der Waals surface area contributed by atoms with Crippen LogP contribution in [0.15, 0.2) is 0 Å². The molecule has 15 heavy (non-hydrogen) atoms. The molecule has 0 spiro atoms. The summed E-state index contributed by atoms with van der Waals surface area (Å²) in [7, 11) is 0. The number of hydrogen-bond donors (Lipinski definition) is 0. The topological polar surface area (TPSA) is 89.1 Å². The van der Waals surface area contributed by atoms with Gasteiger partial charge in [-0.1, -0.05) is 6.42 Å². The van der Waals surface area contributed by atoms with E-state index in [1.807, 2.05) is 0 Å². The van der Waals surface area contributed by atoms with Crippen molar-refractivity contribution in [2.24, 2.45) is 11.8 Å². The van der Waals surface area contributed by atoms with Crippen LogP contribution in [0.3, 0.4) is 0 Å². The first-order valence-electron chi connectivity index (χ1n) is 4.24. The Morgan fingerprint density at radius 2 is 2.00 bits per heavy atom. The summed E-state index contributed by atoms with van der Waals surface area (Å²) in [6.45, 7) is 0. The zero-order valence-electron chi connectivity index (χ0n) is 8.38. The standard InChI is InChI=1S/C8H10N2O3S.Na/c9-4-6-2-1-3-8(7(6)5-10)14-13-12-11;/h6-8,11H,1-3H2;/q;+1/p-1. The van der Waals surface area contributed by atoms with Gasteiger partial charge in [0, 0.05) is 12.0 Å². The Hall–Kier alpha value is 0.210. The Kier molecular flexibility index (Phi) is 8.49. The van der Waals surface area contributed by atoms with Gasteiger partial charge in [-0.05, 0) is 12.8 Å². The van der Waals surface area contributed by atoms with Crippen LogP contribution in [0.25, 0.3) is 0 Å². The summed E-state index contributed by atoms with van der Waals surface area (Å²) >= 11 is 0.841. The Morgan fingerprint density at radius 1 is 1.27 bits per heavy atom. The first-order valence-corrected chi connectivity index (χ1v) is 5.05. The predicted molar refractivity (Wildman–Crippen MR) is 45.6 cm³/mol. The summed E-state index contributed by atoms with van der Waals surface area (Å²) in [6.07, 6.45) is 2.38. The van der Waals surface area contributed by atoms with E-state index in [9.17, 15) is 5.26 Å². The number of rotatable bonds is 3. The van der Waals surface area contributed by atoms with Crippen LogP contribution in [0, 0.1) is 34.5 Å².